The van der Waals surface area contributed by atoms with E-state index in [2.05, 4.69) is 27.5 Å². The minimum absolute atomic E-state index is 0.246. The minimum Gasteiger partial charge on any atom is -0.495 e. The highest BCUT2D eigenvalue weighted by molar-refractivity contribution is 6.02. The number of para-hydroxylation sites is 2. The van der Waals surface area contributed by atoms with E-state index in [1.165, 1.54) is 18.0 Å². The van der Waals surface area contributed by atoms with Gasteiger partial charge in [-0.1, -0.05) is 31.2 Å². The summed E-state index contributed by atoms with van der Waals surface area (Å²) < 4.78 is 5.29. The number of aromatic nitrogens is 2. The number of nitrogens with zero attached hydrogens (tertiary/aromatic N) is 2. The van der Waals surface area contributed by atoms with Gasteiger partial charge in [0.1, 0.15) is 17.3 Å². The Balaban J connectivity index is 1.67. The van der Waals surface area contributed by atoms with Gasteiger partial charge in [0, 0.05) is 5.69 Å². The van der Waals surface area contributed by atoms with Gasteiger partial charge in [-0.2, -0.15) is 0 Å². The highest BCUT2D eigenvalue weighted by Crippen LogP contribution is 2.25. The summed E-state index contributed by atoms with van der Waals surface area (Å²) in [6.07, 6.45) is 3.91. The van der Waals surface area contributed by atoms with Crippen molar-refractivity contribution in [2.45, 2.75) is 13.3 Å². The topological polar surface area (TPSA) is 76.1 Å². The first-order valence-corrected chi connectivity index (χ1v) is 8.32. The summed E-state index contributed by atoms with van der Waals surface area (Å²) in [5.74, 6) is 0.926. The first kappa shape index (κ1) is 17.4. The third-order valence-corrected chi connectivity index (χ3v) is 3.87. The van der Waals surface area contributed by atoms with E-state index >= 15 is 0 Å². The van der Waals surface area contributed by atoms with Gasteiger partial charge < -0.3 is 15.4 Å². The van der Waals surface area contributed by atoms with Gasteiger partial charge >= 0.3 is 0 Å². The van der Waals surface area contributed by atoms with Crippen LogP contribution < -0.4 is 15.4 Å². The number of methoxy groups -OCH3 is 1. The molecule has 6 nitrogen and oxygen atoms in total. The van der Waals surface area contributed by atoms with Gasteiger partial charge in [0.15, 0.2) is 0 Å². The quantitative estimate of drug-likeness (QED) is 0.703. The lowest BCUT2D eigenvalue weighted by Gasteiger charge is -2.10. The fraction of sp³-hybridized carbons (Fsp3) is 0.150. The van der Waals surface area contributed by atoms with E-state index in [0.717, 1.165) is 17.8 Å². The van der Waals surface area contributed by atoms with Crippen molar-refractivity contribution in [1.82, 2.24) is 9.97 Å². The number of benzene rings is 2. The maximum atomic E-state index is 12.3. The van der Waals surface area contributed by atoms with Crippen molar-refractivity contribution in [2.75, 3.05) is 17.7 Å². The predicted molar refractivity (Wildman–Crippen MR) is 102 cm³/mol. The zero-order valence-electron chi connectivity index (χ0n) is 14.7. The summed E-state index contributed by atoms with van der Waals surface area (Å²) in [5.41, 5.74) is 2.97. The van der Waals surface area contributed by atoms with Crippen LogP contribution in [-0.4, -0.2) is 23.0 Å². The largest absolute Gasteiger partial charge is 0.495 e. The number of carbonyl (C=O) groups excluding carboxylic acids is 1. The number of anilines is 3. The highest BCUT2D eigenvalue weighted by Gasteiger charge is 2.09. The van der Waals surface area contributed by atoms with Crippen molar-refractivity contribution < 1.29 is 9.53 Å². The van der Waals surface area contributed by atoms with Crippen LogP contribution in [0.2, 0.25) is 0 Å². The van der Waals surface area contributed by atoms with Crippen LogP contribution in [0.25, 0.3) is 0 Å². The SMILES string of the molecule is CCc1ccc(NC(=O)c2cnc(Nc3ccccc3OC)cn2)cc1. The van der Waals surface area contributed by atoms with Crippen LogP contribution in [0.15, 0.2) is 60.9 Å². The number of amides is 1. The molecule has 2 aromatic carbocycles. The number of carbonyl (C=O) groups is 1. The molecule has 0 atom stereocenters. The Morgan fingerprint density at radius 2 is 1.81 bits per heavy atom. The molecule has 0 aliphatic rings. The van der Waals surface area contributed by atoms with Crippen molar-refractivity contribution >= 4 is 23.1 Å². The van der Waals surface area contributed by atoms with E-state index < -0.39 is 0 Å². The normalized spacial score (nSPS) is 10.2. The predicted octanol–water partition coefficient (Wildman–Crippen LogP) is 4.04. The molecule has 0 fully saturated rings. The lowest BCUT2D eigenvalue weighted by atomic mass is 10.1. The third kappa shape index (κ3) is 4.16. The number of hydrogen-bond donors (Lipinski definition) is 2. The first-order chi connectivity index (χ1) is 12.7. The van der Waals surface area contributed by atoms with Crippen molar-refractivity contribution in [3.63, 3.8) is 0 Å². The van der Waals surface area contributed by atoms with Crippen LogP contribution in [0.4, 0.5) is 17.2 Å². The zero-order valence-corrected chi connectivity index (χ0v) is 14.7. The molecule has 0 aliphatic carbocycles. The molecule has 0 saturated carbocycles. The smallest absolute Gasteiger partial charge is 0.275 e. The maximum Gasteiger partial charge on any atom is 0.275 e. The van der Waals surface area contributed by atoms with Crippen molar-refractivity contribution in [2.24, 2.45) is 0 Å². The summed E-state index contributed by atoms with van der Waals surface area (Å²) in [6, 6.07) is 15.2. The van der Waals surface area contributed by atoms with E-state index in [0.29, 0.717) is 11.6 Å². The molecular formula is C20H20N4O2. The number of rotatable bonds is 6. The molecular weight excluding hydrogens is 328 g/mol. The maximum absolute atomic E-state index is 12.3. The van der Waals surface area contributed by atoms with E-state index in [9.17, 15) is 4.79 Å². The molecule has 2 N–H and O–H groups in total. The number of ether oxygens (including phenoxy) is 1. The van der Waals surface area contributed by atoms with E-state index in [1.54, 1.807) is 7.11 Å². The van der Waals surface area contributed by atoms with Crippen LogP contribution in [0.3, 0.4) is 0 Å². The van der Waals surface area contributed by atoms with E-state index in [1.807, 2.05) is 48.5 Å². The van der Waals surface area contributed by atoms with Gasteiger partial charge in [-0.05, 0) is 36.2 Å². The molecule has 0 spiro atoms. The fourth-order valence-electron chi connectivity index (χ4n) is 2.41. The van der Waals surface area contributed by atoms with Crippen molar-refractivity contribution in [3.8, 4) is 5.75 Å². The summed E-state index contributed by atoms with van der Waals surface area (Å²) in [4.78, 5) is 20.7. The molecule has 1 amide bonds. The molecule has 132 valence electrons. The van der Waals surface area contributed by atoms with Gasteiger partial charge in [0.2, 0.25) is 0 Å². The van der Waals surface area contributed by atoms with Gasteiger partial charge in [0.25, 0.3) is 5.91 Å². The lowest BCUT2D eigenvalue weighted by molar-refractivity contribution is 0.102. The van der Waals surface area contributed by atoms with Crippen LogP contribution >= 0.6 is 0 Å². The van der Waals surface area contributed by atoms with Crippen LogP contribution in [0.1, 0.15) is 23.0 Å². The summed E-state index contributed by atoms with van der Waals surface area (Å²) in [5, 5.41) is 5.94. The van der Waals surface area contributed by atoms with Crippen LogP contribution in [0.5, 0.6) is 5.75 Å². The second kappa shape index (κ2) is 8.11. The second-order valence-corrected chi connectivity index (χ2v) is 5.62. The third-order valence-electron chi connectivity index (χ3n) is 3.87. The summed E-state index contributed by atoms with van der Waals surface area (Å²) >= 11 is 0. The minimum atomic E-state index is -0.300. The number of nitrogens with one attached hydrogen (secondary N) is 2. The van der Waals surface area contributed by atoms with Crippen molar-refractivity contribution in [1.29, 1.82) is 0 Å². The lowest BCUT2D eigenvalue weighted by Crippen LogP contribution is -2.14. The molecule has 1 aromatic heterocycles. The second-order valence-electron chi connectivity index (χ2n) is 5.62. The molecule has 0 unspecified atom stereocenters. The standard InChI is InChI=1S/C20H20N4O2/c1-3-14-8-10-15(11-9-14)23-20(25)17-12-22-19(13-21-17)24-16-6-4-5-7-18(16)26-2/h4-13H,3H2,1-2H3,(H,22,24)(H,23,25). The first-order valence-electron chi connectivity index (χ1n) is 8.32. The Labute approximate surface area is 152 Å². The Bertz CT molecular complexity index is 877. The summed E-state index contributed by atoms with van der Waals surface area (Å²) in [7, 11) is 1.60. The van der Waals surface area contributed by atoms with Crippen LogP contribution in [0, 0.1) is 0 Å². The molecule has 6 heteroatoms. The van der Waals surface area contributed by atoms with Gasteiger partial charge in [-0.3, -0.25) is 4.79 Å². The highest BCUT2D eigenvalue weighted by atomic mass is 16.5. The molecule has 1 heterocycles. The Hall–Kier alpha value is -3.41. The average molecular weight is 348 g/mol. The Kier molecular flexibility index (Phi) is 5.43. The zero-order chi connectivity index (χ0) is 18.4. The monoisotopic (exact) mass is 348 g/mol. The molecule has 0 radical (unpaired) electrons. The Morgan fingerprint density at radius 3 is 2.46 bits per heavy atom. The molecule has 0 aliphatic heterocycles. The van der Waals surface area contributed by atoms with E-state index in [-0.39, 0.29) is 11.6 Å². The van der Waals surface area contributed by atoms with E-state index in [4.69, 9.17) is 4.74 Å². The Morgan fingerprint density at radius 1 is 1.04 bits per heavy atom. The molecule has 0 bridgehead atoms. The average Bonchev–Trinajstić information content (AvgIpc) is 2.69. The molecule has 26 heavy (non-hydrogen) atoms. The fourth-order valence-corrected chi connectivity index (χ4v) is 2.41. The number of aryl methyl sites for hydroxylation is 1. The molecule has 0 saturated heterocycles. The van der Waals surface area contributed by atoms with Crippen molar-refractivity contribution in [3.05, 3.63) is 72.2 Å². The molecule has 3 aromatic rings. The number of hydrogen-bond acceptors (Lipinski definition) is 5. The summed E-state index contributed by atoms with van der Waals surface area (Å²) in [6.45, 7) is 2.09. The van der Waals surface area contributed by atoms with Crippen LogP contribution in [-0.2, 0) is 6.42 Å². The van der Waals surface area contributed by atoms with Gasteiger partial charge in [0.05, 0.1) is 25.2 Å². The van der Waals surface area contributed by atoms with Gasteiger partial charge in [-0.25, -0.2) is 9.97 Å². The van der Waals surface area contributed by atoms with Gasteiger partial charge in [-0.15, -0.1) is 0 Å². The molecule has 3 rings (SSSR count).